The van der Waals surface area contributed by atoms with E-state index < -0.39 is 18.0 Å². The first-order valence-electron chi connectivity index (χ1n) is 5.69. The molecule has 0 heterocycles. The molecular weight excluding hydrogens is 246 g/mol. The molecule has 0 radical (unpaired) electrons. The van der Waals surface area contributed by atoms with E-state index in [0.29, 0.717) is 0 Å². The number of rotatable bonds is 10. The summed E-state index contributed by atoms with van der Waals surface area (Å²) >= 11 is 0. The van der Waals surface area contributed by atoms with Crippen molar-refractivity contribution >= 4 is 17.5 Å². The summed E-state index contributed by atoms with van der Waals surface area (Å²) in [5, 5.41) is 5.24. The Morgan fingerprint density at radius 1 is 1.00 bits per heavy atom. The number of hydrogen-bond donors (Lipinski definition) is 3. The highest BCUT2D eigenvalue weighted by Gasteiger charge is 2.22. The number of nitrogens with two attached hydrogens (primary N) is 1. The van der Waals surface area contributed by atoms with Crippen LogP contribution in [0.1, 0.15) is 0 Å². The Bertz CT molecular complexity index is 391. The van der Waals surface area contributed by atoms with E-state index in [1.165, 1.54) is 0 Å². The topological polar surface area (TPSA) is 101 Å². The van der Waals surface area contributed by atoms with Crippen LogP contribution in [0.25, 0.3) is 0 Å². The van der Waals surface area contributed by atoms with Gasteiger partial charge in [0, 0.05) is 13.1 Å². The predicted molar refractivity (Wildman–Crippen MR) is 73.4 cm³/mol. The minimum atomic E-state index is -0.779. The molecule has 0 aromatic heterocycles. The number of nitrogens with one attached hydrogen (secondary N) is 2. The molecule has 0 saturated carbocycles. The molecule has 0 saturated heterocycles. The van der Waals surface area contributed by atoms with E-state index in [2.05, 4.69) is 30.4 Å². The maximum absolute atomic E-state index is 11.6. The van der Waals surface area contributed by atoms with E-state index in [1.807, 2.05) is 0 Å². The summed E-state index contributed by atoms with van der Waals surface area (Å²) in [4.78, 5) is 34.2. The standard InChI is InChI=1S/C13H19N3O3/c1-4-11(17)9(7-14)16-10(12(18)5-2)8-15-13(19)6-3/h4-6,9-10,16H,1-3,7-8,14H2,(H,15,19). The third-order valence-electron chi connectivity index (χ3n) is 2.39. The average Bonchev–Trinajstić information content (AvgIpc) is 2.45. The van der Waals surface area contributed by atoms with Gasteiger partial charge in [-0.15, -0.1) is 0 Å². The number of amides is 1. The van der Waals surface area contributed by atoms with Gasteiger partial charge in [-0.3, -0.25) is 19.7 Å². The summed E-state index contributed by atoms with van der Waals surface area (Å²) in [7, 11) is 0. The van der Waals surface area contributed by atoms with E-state index in [-0.39, 0.29) is 24.7 Å². The van der Waals surface area contributed by atoms with Crippen LogP contribution < -0.4 is 16.4 Å². The number of hydrogen-bond acceptors (Lipinski definition) is 5. The third-order valence-corrected chi connectivity index (χ3v) is 2.39. The fraction of sp³-hybridized carbons (Fsp3) is 0.308. The molecule has 0 rings (SSSR count). The molecule has 0 aromatic carbocycles. The molecule has 4 N–H and O–H groups in total. The van der Waals surface area contributed by atoms with Crippen LogP contribution in [-0.4, -0.2) is 42.6 Å². The van der Waals surface area contributed by atoms with Crippen molar-refractivity contribution in [3.8, 4) is 0 Å². The summed E-state index contributed by atoms with van der Waals surface area (Å²) in [5.41, 5.74) is 5.45. The Balaban J connectivity index is 4.74. The Hall–Kier alpha value is -2.05. The molecule has 1 amide bonds. The summed E-state index contributed by atoms with van der Waals surface area (Å²) in [6.07, 6.45) is 3.33. The van der Waals surface area contributed by atoms with Crippen LogP contribution in [0.15, 0.2) is 38.0 Å². The molecule has 6 nitrogen and oxygen atoms in total. The first kappa shape index (κ1) is 16.9. The van der Waals surface area contributed by atoms with Gasteiger partial charge in [0.25, 0.3) is 0 Å². The van der Waals surface area contributed by atoms with Gasteiger partial charge in [0.1, 0.15) is 0 Å². The van der Waals surface area contributed by atoms with Gasteiger partial charge in [-0.2, -0.15) is 0 Å². The fourth-order valence-corrected chi connectivity index (χ4v) is 1.31. The lowest BCUT2D eigenvalue weighted by Crippen LogP contribution is -2.54. The number of carbonyl (C=O) groups excluding carboxylic acids is 3. The smallest absolute Gasteiger partial charge is 0.243 e. The van der Waals surface area contributed by atoms with Gasteiger partial charge in [-0.05, 0) is 18.2 Å². The highest BCUT2D eigenvalue weighted by atomic mass is 16.2. The van der Waals surface area contributed by atoms with E-state index in [1.54, 1.807) is 0 Å². The van der Waals surface area contributed by atoms with Gasteiger partial charge in [0.15, 0.2) is 11.6 Å². The van der Waals surface area contributed by atoms with Crippen LogP contribution in [0.2, 0.25) is 0 Å². The van der Waals surface area contributed by atoms with Gasteiger partial charge >= 0.3 is 0 Å². The second-order valence-corrected chi connectivity index (χ2v) is 3.67. The molecule has 0 aliphatic rings. The molecule has 0 aliphatic carbocycles. The van der Waals surface area contributed by atoms with Crippen molar-refractivity contribution in [2.75, 3.05) is 13.1 Å². The summed E-state index contributed by atoms with van der Waals surface area (Å²) < 4.78 is 0. The van der Waals surface area contributed by atoms with Crippen molar-refractivity contribution in [1.82, 2.24) is 10.6 Å². The molecule has 0 bridgehead atoms. The number of ketones is 2. The molecular formula is C13H19N3O3. The SMILES string of the molecule is C=CC(=O)NCC(NC(CN)C(=O)C=C)C(=O)C=C. The largest absolute Gasteiger partial charge is 0.351 e. The molecule has 104 valence electrons. The first-order valence-corrected chi connectivity index (χ1v) is 5.69. The second-order valence-electron chi connectivity index (χ2n) is 3.67. The Morgan fingerprint density at radius 2 is 1.53 bits per heavy atom. The molecule has 2 unspecified atom stereocenters. The quantitative estimate of drug-likeness (QED) is 0.444. The van der Waals surface area contributed by atoms with Crippen molar-refractivity contribution in [2.24, 2.45) is 5.73 Å². The zero-order valence-electron chi connectivity index (χ0n) is 10.7. The van der Waals surface area contributed by atoms with E-state index in [9.17, 15) is 14.4 Å². The molecule has 0 aromatic rings. The monoisotopic (exact) mass is 265 g/mol. The van der Waals surface area contributed by atoms with Gasteiger partial charge < -0.3 is 11.1 Å². The van der Waals surface area contributed by atoms with Gasteiger partial charge in [-0.1, -0.05) is 19.7 Å². The highest BCUT2D eigenvalue weighted by Crippen LogP contribution is 1.94. The van der Waals surface area contributed by atoms with Crippen molar-refractivity contribution in [2.45, 2.75) is 12.1 Å². The van der Waals surface area contributed by atoms with Crippen molar-refractivity contribution in [3.05, 3.63) is 38.0 Å². The van der Waals surface area contributed by atoms with Gasteiger partial charge in [-0.25, -0.2) is 0 Å². The minimum absolute atomic E-state index is 0.0105. The Kier molecular flexibility index (Phi) is 7.99. The molecule has 0 spiro atoms. The van der Waals surface area contributed by atoms with Crippen LogP contribution in [0.3, 0.4) is 0 Å². The summed E-state index contributed by atoms with van der Waals surface area (Å²) in [6, 6.07) is -1.51. The van der Waals surface area contributed by atoms with E-state index in [4.69, 9.17) is 5.73 Å². The highest BCUT2D eigenvalue weighted by molar-refractivity contribution is 5.97. The lowest BCUT2D eigenvalue weighted by atomic mass is 10.1. The zero-order chi connectivity index (χ0) is 14.8. The van der Waals surface area contributed by atoms with Crippen LogP contribution in [0.5, 0.6) is 0 Å². The summed E-state index contributed by atoms with van der Waals surface area (Å²) in [5.74, 6) is -1.08. The average molecular weight is 265 g/mol. The third kappa shape index (κ3) is 5.89. The van der Waals surface area contributed by atoms with Gasteiger partial charge in [0.2, 0.25) is 5.91 Å². The second kappa shape index (κ2) is 8.96. The fourth-order valence-electron chi connectivity index (χ4n) is 1.31. The minimum Gasteiger partial charge on any atom is -0.351 e. The van der Waals surface area contributed by atoms with Crippen molar-refractivity contribution in [3.63, 3.8) is 0 Å². The maximum Gasteiger partial charge on any atom is 0.243 e. The van der Waals surface area contributed by atoms with E-state index >= 15 is 0 Å². The predicted octanol–water partition coefficient (Wildman–Crippen LogP) is -0.916. The Morgan fingerprint density at radius 3 is 1.95 bits per heavy atom. The molecule has 0 fully saturated rings. The number of carbonyl (C=O) groups is 3. The first-order chi connectivity index (χ1) is 8.99. The molecule has 19 heavy (non-hydrogen) atoms. The van der Waals surface area contributed by atoms with E-state index in [0.717, 1.165) is 18.2 Å². The molecule has 6 heteroatoms. The van der Waals surface area contributed by atoms with Crippen molar-refractivity contribution in [1.29, 1.82) is 0 Å². The molecule has 2 atom stereocenters. The van der Waals surface area contributed by atoms with Crippen molar-refractivity contribution < 1.29 is 14.4 Å². The normalized spacial score (nSPS) is 12.9. The Labute approximate surface area is 112 Å². The van der Waals surface area contributed by atoms with Gasteiger partial charge in [0.05, 0.1) is 12.1 Å². The summed E-state index contributed by atoms with van der Waals surface area (Å²) in [6.45, 7) is 10.0. The van der Waals surface area contributed by atoms with Crippen LogP contribution in [0.4, 0.5) is 0 Å². The lowest BCUT2D eigenvalue weighted by Gasteiger charge is -2.21. The van der Waals surface area contributed by atoms with Crippen LogP contribution in [-0.2, 0) is 14.4 Å². The zero-order valence-corrected chi connectivity index (χ0v) is 10.7. The maximum atomic E-state index is 11.6. The molecule has 0 aliphatic heterocycles. The van der Waals surface area contributed by atoms with Crippen LogP contribution in [0, 0.1) is 0 Å². The lowest BCUT2D eigenvalue weighted by molar-refractivity contribution is -0.119. The van der Waals surface area contributed by atoms with Crippen LogP contribution >= 0.6 is 0 Å².